The van der Waals surface area contributed by atoms with Crippen molar-refractivity contribution in [1.29, 1.82) is 0 Å². The number of hydrazone groups is 1. The molecule has 2 heterocycles. The normalized spacial score (nSPS) is 12.5. The van der Waals surface area contributed by atoms with Gasteiger partial charge in [0.15, 0.2) is 16.6 Å². The number of hydrogen-bond acceptors (Lipinski definition) is 6. The highest BCUT2D eigenvalue weighted by molar-refractivity contribution is 7.80. The lowest BCUT2D eigenvalue weighted by Gasteiger charge is -2.07. The Bertz CT molecular complexity index is 992. The summed E-state index contributed by atoms with van der Waals surface area (Å²) in [5, 5.41) is 7.58. The van der Waals surface area contributed by atoms with Gasteiger partial charge in [-0.3, -0.25) is 10.4 Å². The third-order valence-electron chi connectivity index (χ3n) is 3.72. The van der Waals surface area contributed by atoms with Crippen molar-refractivity contribution in [2.24, 2.45) is 5.10 Å². The molecule has 8 heteroatoms. The molecule has 0 saturated carbocycles. The molecule has 0 amide bonds. The fourth-order valence-electron chi connectivity index (χ4n) is 2.46. The predicted molar refractivity (Wildman–Crippen MR) is 102 cm³/mol. The van der Waals surface area contributed by atoms with Crippen molar-refractivity contribution in [3.8, 4) is 11.5 Å². The molecule has 1 aliphatic rings. The van der Waals surface area contributed by atoms with Gasteiger partial charge < -0.3 is 14.8 Å². The molecule has 1 aromatic heterocycles. The van der Waals surface area contributed by atoms with E-state index in [0.29, 0.717) is 17.4 Å². The van der Waals surface area contributed by atoms with Crippen molar-refractivity contribution in [3.05, 3.63) is 59.9 Å². The highest BCUT2D eigenvalue weighted by Gasteiger charge is 2.12. The van der Waals surface area contributed by atoms with Crippen LogP contribution in [-0.2, 0) is 6.54 Å². The van der Waals surface area contributed by atoms with Gasteiger partial charge in [-0.1, -0.05) is 18.2 Å². The Morgan fingerprint density at radius 2 is 2.00 bits per heavy atom. The van der Waals surface area contributed by atoms with Gasteiger partial charge in [0.2, 0.25) is 6.79 Å². The first-order chi connectivity index (χ1) is 12.8. The number of rotatable bonds is 4. The van der Waals surface area contributed by atoms with Gasteiger partial charge in [-0.05, 0) is 42.0 Å². The number of nitrogens with one attached hydrogen (secondary N) is 2. The van der Waals surface area contributed by atoms with Crippen LogP contribution in [0.2, 0.25) is 0 Å². The van der Waals surface area contributed by atoms with Crippen LogP contribution in [0, 0.1) is 0 Å². The van der Waals surface area contributed by atoms with Crippen LogP contribution in [0.3, 0.4) is 0 Å². The van der Waals surface area contributed by atoms with E-state index in [1.54, 1.807) is 12.4 Å². The number of hydrogen-bond donors (Lipinski definition) is 2. The Labute approximate surface area is 155 Å². The third kappa shape index (κ3) is 3.70. The van der Waals surface area contributed by atoms with Crippen molar-refractivity contribution in [2.45, 2.75) is 6.54 Å². The van der Waals surface area contributed by atoms with Crippen molar-refractivity contribution in [3.63, 3.8) is 0 Å². The molecular formula is C18H15N5O2S. The van der Waals surface area contributed by atoms with Crippen LogP contribution >= 0.6 is 12.2 Å². The van der Waals surface area contributed by atoms with Crippen molar-refractivity contribution >= 4 is 34.6 Å². The molecular weight excluding hydrogens is 350 g/mol. The molecule has 0 atom stereocenters. The van der Waals surface area contributed by atoms with Crippen LogP contribution in [0.1, 0.15) is 11.3 Å². The van der Waals surface area contributed by atoms with Crippen LogP contribution in [0.4, 0.5) is 0 Å². The lowest BCUT2D eigenvalue weighted by Crippen LogP contribution is -2.31. The number of ether oxygens (including phenoxy) is 2. The van der Waals surface area contributed by atoms with Gasteiger partial charge in [0.05, 0.1) is 23.4 Å². The maximum Gasteiger partial charge on any atom is 0.231 e. The fraction of sp³-hybridized carbons (Fsp3) is 0.111. The summed E-state index contributed by atoms with van der Waals surface area (Å²) in [6, 6.07) is 13.4. The maximum atomic E-state index is 5.36. The average molecular weight is 365 g/mol. The first-order valence-electron chi connectivity index (χ1n) is 7.95. The second-order valence-electron chi connectivity index (χ2n) is 5.52. The van der Waals surface area contributed by atoms with Crippen LogP contribution in [-0.4, -0.2) is 28.1 Å². The minimum Gasteiger partial charge on any atom is -0.454 e. The molecule has 2 aromatic carbocycles. The van der Waals surface area contributed by atoms with E-state index in [-0.39, 0.29) is 6.79 Å². The summed E-state index contributed by atoms with van der Waals surface area (Å²) in [5.74, 6) is 1.51. The van der Waals surface area contributed by atoms with Crippen molar-refractivity contribution in [2.75, 3.05) is 6.79 Å². The van der Waals surface area contributed by atoms with E-state index in [1.807, 2.05) is 42.5 Å². The summed E-state index contributed by atoms with van der Waals surface area (Å²) in [7, 11) is 0. The zero-order valence-corrected chi connectivity index (χ0v) is 14.5. The standard InChI is InChI=1S/C18H15N5O2S/c26-18(20-8-12-5-6-16-17(7-12)25-11-24-16)23-21-10-13-9-19-14-3-1-2-4-15(14)22-13/h1-7,9-10H,8,11H2,(H2,20,23,26)/b21-10-. The van der Waals surface area contributed by atoms with Crippen LogP contribution < -0.4 is 20.2 Å². The number of fused-ring (bicyclic) bond motifs is 2. The molecule has 0 saturated heterocycles. The van der Waals surface area contributed by atoms with Crippen LogP contribution in [0.15, 0.2) is 53.8 Å². The first-order valence-corrected chi connectivity index (χ1v) is 8.36. The second-order valence-corrected chi connectivity index (χ2v) is 5.93. The molecule has 7 nitrogen and oxygen atoms in total. The average Bonchev–Trinajstić information content (AvgIpc) is 3.14. The molecule has 2 N–H and O–H groups in total. The fourth-order valence-corrected chi connectivity index (χ4v) is 2.59. The number of nitrogens with zero attached hydrogens (tertiary/aromatic N) is 3. The van der Waals surface area contributed by atoms with Gasteiger partial charge in [-0.15, -0.1) is 0 Å². The number of thiocarbonyl (C=S) groups is 1. The highest BCUT2D eigenvalue weighted by Crippen LogP contribution is 2.32. The lowest BCUT2D eigenvalue weighted by molar-refractivity contribution is 0.174. The number of aromatic nitrogens is 2. The first kappa shape index (κ1) is 16.2. The molecule has 0 fully saturated rings. The largest absolute Gasteiger partial charge is 0.454 e. The molecule has 0 radical (unpaired) electrons. The van der Waals surface area contributed by atoms with Crippen molar-refractivity contribution < 1.29 is 9.47 Å². The van der Waals surface area contributed by atoms with E-state index in [2.05, 4.69) is 25.8 Å². The Kier molecular flexibility index (Phi) is 4.57. The minimum atomic E-state index is 0.262. The van der Waals surface area contributed by atoms with E-state index < -0.39 is 0 Å². The Morgan fingerprint density at radius 1 is 1.15 bits per heavy atom. The van der Waals surface area contributed by atoms with Crippen molar-refractivity contribution in [1.82, 2.24) is 20.7 Å². The van der Waals surface area contributed by atoms with Gasteiger partial charge in [0, 0.05) is 6.54 Å². The molecule has 0 aliphatic carbocycles. The minimum absolute atomic E-state index is 0.262. The maximum absolute atomic E-state index is 5.36. The second kappa shape index (κ2) is 7.32. The van der Waals surface area contributed by atoms with Gasteiger partial charge in [0.1, 0.15) is 5.69 Å². The van der Waals surface area contributed by atoms with E-state index in [9.17, 15) is 0 Å². The van der Waals surface area contributed by atoms with E-state index in [1.165, 1.54) is 0 Å². The molecule has 0 spiro atoms. The predicted octanol–water partition coefficient (Wildman–Crippen LogP) is 2.36. The quantitative estimate of drug-likeness (QED) is 0.417. The molecule has 0 unspecified atom stereocenters. The number of benzene rings is 2. The molecule has 0 bridgehead atoms. The highest BCUT2D eigenvalue weighted by atomic mass is 32.1. The van der Waals surface area contributed by atoms with Gasteiger partial charge in [0.25, 0.3) is 0 Å². The van der Waals surface area contributed by atoms with Gasteiger partial charge in [-0.25, -0.2) is 4.98 Å². The Hall–Kier alpha value is -3.26. The topological polar surface area (TPSA) is 80.7 Å². The summed E-state index contributed by atoms with van der Waals surface area (Å²) in [4.78, 5) is 8.79. The zero-order chi connectivity index (χ0) is 17.8. The summed E-state index contributed by atoms with van der Waals surface area (Å²) < 4.78 is 10.6. The molecule has 130 valence electrons. The Morgan fingerprint density at radius 3 is 2.92 bits per heavy atom. The monoisotopic (exact) mass is 365 g/mol. The lowest BCUT2D eigenvalue weighted by atomic mass is 10.2. The molecule has 1 aliphatic heterocycles. The smallest absolute Gasteiger partial charge is 0.231 e. The molecule has 3 aromatic rings. The van der Waals surface area contributed by atoms with E-state index in [4.69, 9.17) is 21.7 Å². The molecule has 26 heavy (non-hydrogen) atoms. The van der Waals surface area contributed by atoms with E-state index in [0.717, 1.165) is 28.1 Å². The van der Waals surface area contributed by atoms with Gasteiger partial charge >= 0.3 is 0 Å². The van der Waals surface area contributed by atoms with Crippen LogP contribution in [0.5, 0.6) is 11.5 Å². The Balaban J connectivity index is 1.31. The van der Waals surface area contributed by atoms with E-state index >= 15 is 0 Å². The third-order valence-corrected chi connectivity index (χ3v) is 3.96. The zero-order valence-electron chi connectivity index (χ0n) is 13.7. The summed E-state index contributed by atoms with van der Waals surface area (Å²) in [5.41, 5.74) is 6.11. The van der Waals surface area contributed by atoms with Gasteiger partial charge in [-0.2, -0.15) is 5.10 Å². The molecule has 4 rings (SSSR count). The number of para-hydroxylation sites is 2. The SMILES string of the molecule is S=C(NCc1ccc2c(c1)OCO2)N/N=C\c1cnc2ccccc2n1. The van der Waals surface area contributed by atoms with Crippen LogP contribution in [0.25, 0.3) is 11.0 Å². The summed E-state index contributed by atoms with van der Waals surface area (Å²) >= 11 is 5.22. The summed E-state index contributed by atoms with van der Waals surface area (Å²) in [6.07, 6.45) is 3.24. The summed E-state index contributed by atoms with van der Waals surface area (Å²) in [6.45, 7) is 0.812.